The smallest absolute Gasteiger partial charge is 0.387 e. The van der Waals surface area contributed by atoms with E-state index in [1.165, 1.54) is 17.4 Å². The molecule has 0 spiro atoms. The first-order valence-electron chi connectivity index (χ1n) is 7.30. The number of hydrogen-bond acceptors (Lipinski definition) is 5. The van der Waals surface area contributed by atoms with Gasteiger partial charge in [0.15, 0.2) is 0 Å². The predicted molar refractivity (Wildman–Crippen MR) is 87.0 cm³/mol. The predicted octanol–water partition coefficient (Wildman–Crippen LogP) is 2.72. The highest BCUT2D eigenvalue weighted by atomic mass is 32.1. The first-order valence-corrected chi connectivity index (χ1v) is 8.18. The Labute approximate surface area is 144 Å². The van der Waals surface area contributed by atoms with Crippen molar-refractivity contribution in [1.29, 1.82) is 0 Å². The van der Waals surface area contributed by atoms with Crippen LogP contribution >= 0.6 is 11.3 Å². The molecule has 1 atom stereocenters. The molecular weight excluding hydrogens is 352 g/mol. The van der Waals surface area contributed by atoms with E-state index in [0.29, 0.717) is 4.88 Å². The molecule has 1 aromatic carbocycles. The summed E-state index contributed by atoms with van der Waals surface area (Å²) in [4.78, 5) is 24.5. The Balaban J connectivity index is 1.69. The third-order valence-electron chi connectivity index (χ3n) is 3.44. The molecule has 3 rings (SSSR count). The zero-order valence-electron chi connectivity index (χ0n) is 13.0. The second kappa shape index (κ2) is 6.98. The van der Waals surface area contributed by atoms with E-state index in [0.717, 1.165) is 16.8 Å². The molecule has 1 N–H and O–H groups in total. The van der Waals surface area contributed by atoms with Gasteiger partial charge in [0.25, 0.3) is 5.89 Å². The lowest BCUT2D eigenvalue weighted by Crippen LogP contribution is -2.33. The third-order valence-corrected chi connectivity index (χ3v) is 4.30. The Morgan fingerprint density at radius 3 is 2.88 bits per heavy atom. The van der Waals surface area contributed by atoms with Gasteiger partial charge in [-0.1, -0.05) is 12.1 Å². The summed E-state index contributed by atoms with van der Waals surface area (Å²) >= 11 is 1.35. The molecule has 0 aliphatic rings. The van der Waals surface area contributed by atoms with Crippen LogP contribution in [0.5, 0.6) is 0 Å². The highest BCUT2D eigenvalue weighted by molar-refractivity contribution is 7.13. The molecule has 1 amide bonds. The van der Waals surface area contributed by atoms with Gasteiger partial charge in [-0.15, -0.1) is 16.4 Å². The number of carbonyl (C=O) groups is 1. The molecule has 2 aromatic heterocycles. The number of carbonyl (C=O) groups excluding carboxylic acids is 1. The Bertz CT molecular complexity index is 950. The van der Waals surface area contributed by atoms with Gasteiger partial charge in [-0.2, -0.15) is 4.68 Å². The van der Waals surface area contributed by atoms with E-state index in [9.17, 15) is 18.4 Å². The number of aromatic nitrogens is 2. The number of rotatable bonds is 5. The van der Waals surface area contributed by atoms with Crippen molar-refractivity contribution in [2.45, 2.75) is 19.5 Å². The lowest BCUT2D eigenvalue weighted by Gasteiger charge is -2.14. The van der Waals surface area contributed by atoms with Crippen LogP contribution in [0.3, 0.4) is 0 Å². The van der Waals surface area contributed by atoms with Gasteiger partial charge in [0.05, 0.1) is 10.9 Å². The summed E-state index contributed by atoms with van der Waals surface area (Å²) in [7, 11) is 0. The average molecular weight is 365 g/mol. The Morgan fingerprint density at radius 2 is 2.20 bits per heavy atom. The molecule has 0 radical (unpaired) electrons. The minimum atomic E-state index is -0.765. The monoisotopic (exact) mass is 365 g/mol. The molecule has 2 heterocycles. The maximum absolute atomic E-state index is 13.7. The maximum atomic E-state index is 13.7. The summed E-state index contributed by atoms with van der Waals surface area (Å²) in [5.74, 6) is -2.64. The lowest BCUT2D eigenvalue weighted by atomic mass is 10.1. The molecule has 0 saturated heterocycles. The van der Waals surface area contributed by atoms with E-state index < -0.39 is 29.3 Å². The van der Waals surface area contributed by atoms with E-state index in [-0.39, 0.29) is 18.0 Å². The summed E-state index contributed by atoms with van der Waals surface area (Å²) in [5, 5.41) is 8.31. The highest BCUT2D eigenvalue weighted by Gasteiger charge is 2.17. The molecule has 0 aliphatic carbocycles. The van der Waals surface area contributed by atoms with Crippen LogP contribution in [0.25, 0.3) is 10.8 Å². The molecule has 0 fully saturated rings. The van der Waals surface area contributed by atoms with Gasteiger partial charge in [-0.05, 0) is 24.4 Å². The highest BCUT2D eigenvalue weighted by Crippen LogP contribution is 2.21. The standard InChI is InChI=1S/C16H13F2N3O3S/c1-9(11-5-4-10(17)7-12(11)18)19-14(22)8-21-16(23)24-15(20-21)13-3-2-6-25-13/h2-7,9H,8H2,1H3,(H,19,22)/t9-/m0/s1. The molecule has 6 nitrogen and oxygen atoms in total. The van der Waals surface area contributed by atoms with Gasteiger partial charge in [-0.25, -0.2) is 13.6 Å². The zero-order valence-corrected chi connectivity index (χ0v) is 13.8. The first-order chi connectivity index (χ1) is 11.9. The van der Waals surface area contributed by atoms with Crippen molar-refractivity contribution in [1.82, 2.24) is 15.1 Å². The van der Waals surface area contributed by atoms with Gasteiger partial charge in [0.2, 0.25) is 5.91 Å². The number of halogens is 2. The van der Waals surface area contributed by atoms with Gasteiger partial charge < -0.3 is 9.73 Å². The summed E-state index contributed by atoms with van der Waals surface area (Å²) in [6.07, 6.45) is 0. The average Bonchev–Trinajstić information content (AvgIpc) is 3.17. The molecule has 0 saturated carbocycles. The van der Waals surface area contributed by atoms with Crippen molar-refractivity contribution < 1.29 is 18.0 Å². The summed E-state index contributed by atoms with van der Waals surface area (Å²) in [6, 6.07) is 5.92. The van der Waals surface area contributed by atoms with Gasteiger partial charge >= 0.3 is 5.76 Å². The van der Waals surface area contributed by atoms with E-state index in [1.54, 1.807) is 24.4 Å². The SMILES string of the molecule is C[C@H](NC(=O)Cn1nc(-c2cccs2)oc1=O)c1ccc(F)cc1F. The van der Waals surface area contributed by atoms with Crippen LogP contribution in [0.4, 0.5) is 8.78 Å². The minimum absolute atomic E-state index is 0.130. The molecule has 0 aliphatic heterocycles. The van der Waals surface area contributed by atoms with Crippen molar-refractivity contribution in [2.24, 2.45) is 0 Å². The molecule has 25 heavy (non-hydrogen) atoms. The summed E-state index contributed by atoms with van der Waals surface area (Å²) in [5.41, 5.74) is 0.140. The van der Waals surface area contributed by atoms with E-state index in [1.807, 2.05) is 0 Å². The van der Waals surface area contributed by atoms with Crippen LogP contribution in [0.1, 0.15) is 18.5 Å². The van der Waals surface area contributed by atoms with Crippen LogP contribution < -0.4 is 11.1 Å². The molecular formula is C16H13F2N3O3S. The van der Waals surface area contributed by atoms with Crippen molar-refractivity contribution in [3.05, 3.63) is 63.5 Å². The van der Waals surface area contributed by atoms with E-state index >= 15 is 0 Å². The Kier molecular flexibility index (Phi) is 4.75. The fraction of sp³-hybridized carbons (Fsp3) is 0.188. The molecule has 9 heteroatoms. The number of nitrogens with zero attached hydrogens (tertiary/aromatic N) is 2. The van der Waals surface area contributed by atoms with Crippen LogP contribution in [-0.2, 0) is 11.3 Å². The van der Waals surface area contributed by atoms with Crippen molar-refractivity contribution in [3.63, 3.8) is 0 Å². The molecule has 0 bridgehead atoms. The number of thiophene rings is 1. The van der Waals surface area contributed by atoms with Crippen LogP contribution in [0, 0.1) is 11.6 Å². The lowest BCUT2D eigenvalue weighted by molar-refractivity contribution is -0.122. The van der Waals surface area contributed by atoms with E-state index in [2.05, 4.69) is 10.4 Å². The van der Waals surface area contributed by atoms with Crippen molar-refractivity contribution >= 4 is 17.2 Å². The summed E-state index contributed by atoms with van der Waals surface area (Å²) in [6.45, 7) is 1.18. The van der Waals surface area contributed by atoms with E-state index in [4.69, 9.17) is 4.42 Å². The van der Waals surface area contributed by atoms with Gasteiger partial charge in [0.1, 0.15) is 18.2 Å². The number of benzene rings is 1. The van der Waals surface area contributed by atoms with Crippen molar-refractivity contribution in [3.8, 4) is 10.8 Å². The molecule has 3 aromatic rings. The Hall–Kier alpha value is -2.81. The van der Waals surface area contributed by atoms with Crippen LogP contribution in [-0.4, -0.2) is 15.7 Å². The number of nitrogens with one attached hydrogen (secondary N) is 1. The number of amides is 1. The van der Waals surface area contributed by atoms with Crippen LogP contribution in [0.2, 0.25) is 0 Å². The van der Waals surface area contributed by atoms with Gasteiger partial charge in [-0.3, -0.25) is 4.79 Å². The largest absolute Gasteiger partial charge is 0.437 e. The minimum Gasteiger partial charge on any atom is -0.387 e. The fourth-order valence-electron chi connectivity index (χ4n) is 2.26. The number of hydrogen-bond donors (Lipinski definition) is 1. The fourth-order valence-corrected chi connectivity index (χ4v) is 2.90. The third kappa shape index (κ3) is 3.82. The quantitative estimate of drug-likeness (QED) is 0.754. The van der Waals surface area contributed by atoms with Gasteiger partial charge in [0, 0.05) is 11.6 Å². The maximum Gasteiger partial charge on any atom is 0.437 e. The first kappa shape index (κ1) is 17.0. The summed E-state index contributed by atoms with van der Waals surface area (Å²) < 4.78 is 32.6. The second-order valence-corrected chi connectivity index (χ2v) is 6.21. The van der Waals surface area contributed by atoms with Crippen LogP contribution in [0.15, 0.2) is 44.9 Å². The second-order valence-electron chi connectivity index (χ2n) is 5.26. The molecule has 0 unspecified atom stereocenters. The topological polar surface area (TPSA) is 77.1 Å². The Morgan fingerprint density at radius 1 is 1.40 bits per heavy atom. The normalized spacial score (nSPS) is 12.1. The molecule has 130 valence electrons. The zero-order chi connectivity index (χ0) is 18.0. The van der Waals surface area contributed by atoms with Crippen molar-refractivity contribution in [2.75, 3.05) is 0 Å².